The summed E-state index contributed by atoms with van der Waals surface area (Å²) in [6.07, 6.45) is 8.79. The zero-order valence-corrected chi connectivity index (χ0v) is 12.7. The molecule has 1 heterocycles. The van der Waals surface area contributed by atoms with Gasteiger partial charge in [0.2, 0.25) is 0 Å². The summed E-state index contributed by atoms with van der Waals surface area (Å²) >= 11 is 0. The Morgan fingerprint density at radius 3 is 2.60 bits per heavy atom. The Bertz CT molecular complexity index is 576. The third-order valence-electron chi connectivity index (χ3n) is 4.92. The van der Waals surface area contributed by atoms with Crippen molar-refractivity contribution in [1.29, 1.82) is 0 Å². The van der Waals surface area contributed by atoms with Gasteiger partial charge in [0, 0.05) is 23.1 Å². The van der Waals surface area contributed by atoms with Gasteiger partial charge < -0.3 is 10.7 Å². The quantitative estimate of drug-likeness (QED) is 0.820. The minimum Gasteiger partial charge on any atom is -0.361 e. The third-order valence-corrected chi connectivity index (χ3v) is 4.92. The molecule has 20 heavy (non-hydrogen) atoms. The summed E-state index contributed by atoms with van der Waals surface area (Å²) in [4.78, 5) is 3.39. The first-order valence-electron chi connectivity index (χ1n) is 8.03. The maximum Gasteiger partial charge on any atom is 0.0457 e. The SMILES string of the molecule is CC(C)c1ccc2[nH]cc(C(N)C3CCCCC3)c2c1. The molecule has 2 heteroatoms. The van der Waals surface area contributed by atoms with Crippen LogP contribution in [-0.2, 0) is 0 Å². The zero-order chi connectivity index (χ0) is 14.1. The normalized spacial score (nSPS) is 18.8. The van der Waals surface area contributed by atoms with E-state index < -0.39 is 0 Å². The fourth-order valence-electron chi connectivity index (χ4n) is 3.54. The second kappa shape index (κ2) is 5.61. The van der Waals surface area contributed by atoms with Crippen LogP contribution in [-0.4, -0.2) is 4.98 Å². The summed E-state index contributed by atoms with van der Waals surface area (Å²) in [5.74, 6) is 1.22. The molecule has 1 aromatic carbocycles. The second-order valence-electron chi connectivity index (χ2n) is 6.63. The number of hydrogen-bond donors (Lipinski definition) is 2. The Morgan fingerprint density at radius 1 is 1.15 bits per heavy atom. The van der Waals surface area contributed by atoms with E-state index in [2.05, 4.69) is 43.2 Å². The van der Waals surface area contributed by atoms with Crippen LogP contribution in [0.3, 0.4) is 0 Å². The van der Waals surface area contributed by atoms with E-state index in [9.17, 15) is 0 Å². The number of aromatic nitrogens is 1. The van der Waals surface area contributed by atoms with Gasteiger partial charge in [0.25, 0.3) is 0 Å². The van der Waals surface area contributed by atoms with Crippen LogP contribution >= 0.6 is 0 Å². The fraction of sp³-hybridized carbons (Fsp3) is 0.556. The highest BCUT2D eigenvalue weighted by Crippen LogP contribution is 2.36. The van der Waals surface area contributed by atoms with E-state index in [-0.39, 0.29) is 6.04 Å². The van der Waals surface area contributed by atoms with Crippen molar-refractivity contribution in [3.05, 3.63) is 35.5 Å². The first-order valence-corrected chi connectivity index (χ1v) is 8.03. The summed E-state index contributed by atoms with van der Waals surface area (Å²) in [6, 6.07) is 6.93. The number of nitrogens with two attached hydrogens (primary N) is 1. The summed E-state index contributed by atoms with van der Waals surface area (Å²) in [5, 5.41) is 1.33. The standard InChI is InChI=1S/C18H26N2/c1-12(2)14-8-9-17-15(10-14)16(11-20-17)18(19)13-6-4-3-5-7-13/h8-13,18,20H,3-7,19H2,1-2H3. The van der Waals surface area contributed by atoms with E-state index in [0.29, 0.717) is 11.8 Å². The van der Waals surface area contributed by atoms with Gasteiger partial charge in [-0.15, -0.1) is 0 Å². The van der Waals surface area contributed by atoms with Crippen molar-refractivity contribution in [1.82, 2.24) is 4.98 Å². The number of hydrogen-bond acceptors (Lipinski definition) is 1. The number of H-pyrrole nitrogens is 1. The molecule has 1 unspecified atom stereocenters. The summed E-state index contributed by atoms with van der Waals surface area (Å²) in [7, 11) is 0. The highest BCUT2D eigenvalue weighted by atomic mass is 14.7. The first kappa shape index (κ1) is 13.7. The van der Waals surface area contributed by atoms with Gasteiger partial charge in [-0.3, -0.25) is 0 Å². The van der Waals surface area contributed by atoms with Crippen LogP contribution in [0.1, 0.15) is 69.0 Å². The molecule has 0 aliphatic heterocycles. The van der Waals surface area contributed by atoms with Gasteiger partial charge in [0.15, 0.2) is 0 Å². The van der Waals surface area contributed by atoms with Crippen molar-refractivity contribution < 1.29 is 0 Å². The smallest absolute Gasteiger partial charge is 0.0457 e. The molecule has 1 fully saturated rings. The predicted octanol–water partition coefficient (Wildman–Crippen LogP) is 4.87. The van der Waals surface area contributed by atoms with Crippen molar-refractivity contribution in [2.24, 2.45) is 11.7 Å². The van der Waals surface area contributed by atoms with Gasteiger partial charge in [0.05, 0.1) is 0 Å². The zero-order valence-electron chi connectivity index (χ0n) is 12.7. The first-order chi connectivity index (χ1) is 9.66. The molecule has 0 radical (unpaired) electrons. The van der Waals surface area contributed by atoms with Gasteiger partial charge in [-0.05, 0) is 47.9 Å². The van der Waals surface area contributed by atoms with Crippen LogP contribution in [0.5, 0.6) is 0 Å². The predicted molar refractivity (Wildman–Crippen MR) is 85.9 cm³/mol. The van der Waals surface area contributed by atoms with E-state index in [0.717, 1.165) is 0 Å². The Hall–Kier alpha value is -1.28. The largest absolute Gasteiger partial charge is 0.361 e. The Labute approximate surface area is 121 Å². The van der Waals surface area contributed by atoms with E-state index in [1.807, 2.05) is 0 Å². The summed E-state index contributed by atoms with van der Waals surface area (Å²) in [6.45, 7) is 4.49. The van der Waals surface area contributed by atoms with E-state index in [4.69, 9.17) is 5.73 Å². The van der Waals surface area contributed by atoms with Crippen LogP contribution in [0.15, 0.2) is 24.4 Å². The van der Waals surface area contributed by atoms with E-state index >= 15 is 0 Å². The number of nitrogens with one attached hydrogen (secondary N) is 1. The van der Waals surface area contributed by atoms with Gasteiger partial charge in [-0.2, -0.15) is 0 Å². The molecule has 1 aliphatic carbocycles. The fourth-order valence-corrected chi connectivity index (χ4v) is 3.54. The molecular formula is C18H26N2. The van der Waals surface area contributed by atoms with Crippen LogP contribution < -0.4 is 5.73 Å². The molecule has 1 aliphatic rings. The topological polar surface area (TPSA) is 41.8 Å². The number of aromatic amines is 1. The highest BCUT2D eigenvalue weighted by molar-refractivity contribution is 5.84. The Balaban J connectivity index is 1.95. The van der Waals surface area contributed by atoms with Gasteiger partial charge in [-0.1, -0.05) is 39.2 Å². The van der Waals surface area contributed by atoms with E-state index in [1.54, 1.807) is 0 Å². The molecular weight excluding hydrogens is 244 g/mol. The van der Waals surface area contributed by atoms with Crippen molar-refractivity contribution >= 4 is 10.9 Å². The molecule has 3 rings (SSSR count). The molecule has 0 saturated heterocycles. The lowest BCUT2D eigenvalue weighted by molar-refractivity contribution is 0.309. The average Bonchev–Trinajstić information content (AvgIpc) is 2.90. The molecule has 1 atom stereocenters. The van der Waals surface area contributed by atoms with Gasteiger partial charge in [0.1, 0.15) is 0 Å². The van der Waals surface area contributed by atoms with Crippen molar-refractivity contribution in [2.75, 3.05) is 0 Å². The van der Waals surface area contributed by atoms with E-state index in [1.165, 1.54) is 54.1 Å². The maximum atomic E-state index is 6.59. The lowest BCUT2D eigenvalue weighted by Gasteiger charge is -2.27. The molecule has 1 saturated carbocycles. The molecule has 0 spiro atoms. The number of fused-ring (bicyclic) bond motifs is 1. The maximum absolute atomic E-state index is 6.59. The summed E-state index contributed by atoms with van der Waals surface area (Å²) in [5.41, 5.74) is 10.5. The molecule has 1 aromatic heterocycles. The number of rotatable bonds is 3. The number of benzene rings is 1. The van der Waals surface area contributed by atoms with Crippen molar-refractivity contribution in [3.63, 3.8) is 0 Å². The Kier molecular flexibility index (Phi) is 3.84. The highest BCUT2D eigenvalue weighted by Gasteiger charge is 2.24. The van der Waals surface area contributed by atoms with Gasteiger partial charge in [-0.25, -0.2) is 0 Å². The lowest BCUT2D eigenvalue weighted by atomic mass is 9.81. The lowest BCUT2D eigenvalue weighted by Crippen LogP contribution is -2.23. The van der Waals surface area contributed by atoms with Crippen molar-refractivity contribution in [3.8, 4) is 0 Å². The molecule has 2 aromatic rings. The second-order valence-corrected chi connectivity index (χ2v) is 6.63. The molecule has 0 bridgehead atoms. The molecule has 3 N–H and O–H groups in total. The summed E-state index contributed by atoms with van der Waals surface area (Å²) < 4.78 is 0. The molecule has 2 nitrogen and oxygen atoms in total. The van der Waals surface area contributed by atoms with Crippen molar-refractivity contribution in [2.45, 2.75) is 57.9 Å². The minimum atomic E-state index is 0.187. The average molecular weight is 270 g/mol. The van der Waals surface area contributed by atoms with Crippen LogP contribution in [0.4, 0.5) is 0 Å². The van der Waals surface area contributed by atoms with Crippen LogP contribution in [0.25, 0.3) is 10.9 Å². The van der Waals surface area contributed by atoms with Crippen LogP contribution in [0, 0.1) is 5.92 Å². The molecule has 108 valence electrons. The minimum absolute atomic E-state index is 0.187. The monoisotopic (exact) mass is 270 g/mol. The van der Waals surface area contributed by atoms with Crippen LogP contribution in [0.2, 0.25) is 0 Å². The molecule has 0 amide bonds. The van der Waals surface area contributed by atoms with Gasteiger partial charge >= 0.3 is 0 Å². The Morgan fingerprint density at radius 2 is 1.90 bits per heavy atom. The third kappa shape index (κ3) is 2.49.